The van der Waals surface area contributed by atoms with Crippen LogP contribution >= 0.6 is 0 Å². The van der Waals surface area contributed by atoms with Crippen molar-refractivity contribution >= 4 is 17.4 Å². The molecule has 0 atom stereocenters. The molecule has 6 nitrogen and oxygen atoms in total. The Morgan fingerprint density at radius 1 is 1.18 bits per heavy atom. The van der Waals surface area contributed by atoms with Crippen molar-refractivity contribution in [2.75, 3.05) is 25.6 Å². The molecule has 2 aromatic rings. The summed E-state index contributed by atoms with van der Waals surface area (Å²) in [6.07, 6.45) is 0.736. The van der Waals surface area contributed by atoms with Crippen LogP contribution < -0.4 is 10.6 Å². The van der Waals surface area contributed by atoms with E-state index in [9.17, 15) is 9.18 Å². The number of methoxy groups -OCH3 is 1. The molecule has 0 aliphatic rings. The molecule has 1 heterocycles. The van der Waals surface area contributed by atoms with Crippen molar-refractivity contribution < 1.29 is 13.9 Å². The first-order valence-electron chi connectivity index (χ1n) is 6.82. The lowest BCUT2D eigenvalue weighted by atomic mass is 10.3. The maximum Gasteiger partial charge on any atom is 0.271 e. The van der Waals surface area contributed by atoms with Crippen molar-refractivity contribution in [2.24, 2.45) is 0 Å². The average Bonchev–Trinajstić information content (AvgIpc) is 2.54. The van der Waals surface area contributed by atoms with E-state index in [0.29, 0.717) is 24.7 Å². The van der Waals surface area contributed by atoms with E-state index < -0.39 is 0 Å². The van der Waals surface area contributed by atoms with Crippen molar-refractivity contribution in [3.63, 3.8) is 0 Å². The number of aromatic nitrogens is 2. The van der Waals surface area contributed by atoms with Gasteiger partial charge in [-0.25, -0.2) is 4.39 Å². The van der Waals surface area contributed by atoms with Crippen LogP contribution in [0.5, 0.6) is 0 Å². The van der Waals surface area contributed by atoms with Gasteiger partial charge in [0, 0.05) is 25.9 Å². The molecule has 22 heavy (non-hydrogen) atoms. The van der Waals surface area contributed by atoms with Gasteiger partial charge in [-0.3, -0.25) is 4.79 Å². The third kappa shape index (κ3) is 4.78. The van der Waals surface area contributed by atoms with E-state index in [2.05, 4.69) is 20.8 Å². The van der Waals surface area contributed by atoms with E-state index in [-0.39, 0.29) is 17.4 Å². The van der Waals surface area contributed by atoms with Gasteiger partial charge in [0.15, 0.2) is 11.5 Å². The Labute approximate surface area is 127 Å². The zero-order chi connectivity index (χ0) is 15.8. The van der Waals surface area contributed by atoms with Gasteiger partial charge in [-0.15, -0.1) is 10.2 Å². The van der Waals surface area contributed by atoms with Gasteiger partial charge in [0.25, 0.3) is 5.91 Å². The number of amides is 1. The molecule has 0 saturated heterocycles. The summed E-state index contributed by atoms with van der Waals surface area (Å²) in [4.78, 5) is 11.8. The van der Waals surface area contributed by atoms with Gasteiger partial charge in [0.1, 0.15) is 5.82 Å². The zero-order valence-corrected chi connectivity index (χ0v) is 12.2. The lowest BCUT2D eigenvalue weighted by Gasteiger charge is -2.06. The van der Waals surface area contributed by atoms with Crippen molar-refractivity contribution in [3.05, 3.63) is 47.9 Å². The monoisotopic (exact) mass is 304 g/mol. The topological polar surface area (TPSA) is 76.1 Å². The zero-order valence-electron chi connectivity index (χ0n) is 12.2. The summed E-state index contributed by atoms with van der Waals surface area (Å²) in [5.74, 6) is -0.114. The smallest absolute Gasteiger partial charge is 0.271 e. The second kappa shape index (κ2) is 8.04. The summed E-state index contributed by atoms with van der Waals surface area (Å²) in [6.45, 7) is 1.11. The molecule has 0 aliphatic heterocycles. The standard InChI is InChI=1S/C15H17FN4O2/c1-22-10-2-9-17-15(21)13-7-8-14(20-19-13)18-12-5-3-11(16)4-6-12/h3-8H,2,9-10H2,1H3,(H,17,21)(H,18,20). The molecule has 0 saturated carbocycles. The van der Waals surface area contributed by atoms with Gasteiger partial charge in [0.2, 0.25) is 0 Å². The fourth-order valence-corrected chi connectivity index (χ4v) is 1.71. The summed E-state index contributed by atoms with van der Waals surface area (Å²) < 4.78 is 17.7. The number of hydrogen-bond acceptors (Lipinski definition) is 5. The highest BCUT2D eigenvalue weighted by molar-refractivity contribution is 5.92. The summed E-state index contributed by atoms with van der Waals surface area (Å²) in [6, 6.07) is 9.08. The van der Waals surface area contributed by atoms with Crippen molar-refractivity contribution in [1.82, 2.24) is 15.5 Å². The Balaban J connectivity index is 1.89. The number of carbonyl (C=O) groups is 1. The number of benzene rings is 1. The molecule has 7 heteroatoms. The van der Waals surface area contributed by atoms with Gasteiger partial charge >= 0.3 is 0 Å². The number of ether oxygens (including phenoxy) is 1. The van der Waals surface area contributed by atoms with Gasteiger partial charge in [-0.2, -0.15) is 0 Å². The largest absolute Gasteiger partial charge is 0.385 e. The Kier molecular flexibility index (Phi) is 5.79. The van der Waals surface area contributed by atoms with Crippen molar-refractivity contribution in [1.29, 1.82) is 0 Å². The quantitative estimate of drug-likeness (QED) is 0.766. The van der Waals surface area contributed by atoms with Gasteiger partial charge < -0.3 is 15.4 Å². The van der Waals surface area contributed by atoms with Gasteiger partial charge in [-0.05, 0) is 42.8 Å². The molecule has 0 aliphatic carbocycles. The van der Waals surface area contributed by atoms with E-state index in [0.717, 1.165) is 6.42 Å². The van der Waals surface area contributed by atoms with Crippen molar-refractivity contribution in [3.8, 4) is 0 Å². The lowest BCUT2D eigenvalue weighted by molar-refractivity contribution is 0.0942. The van der Waals surface area contributed by atoms with Crippen LogP contribution in [0.2, 0.25) is 0 Å². The molecule has 0 bridgehead atoms. The minimum absolute atomic E-state index is 0.238. The number of nitrogens with one attached hydrogen (secondary N) is 2. The third-order valence-electron chi connectivity index (χ3n) is 2.82. The van der Waals surface area contributed by atoms with Crippen LogP contribution in [0, 0.1) is 5.82 Å². The molecule has 1 aromatic carbocycles. The second-order valence-corrected chi connectivity index (χ2v) is 4.54. The second-order valence-electron chi connectivity index (χ2n) is 4.54. The maximum atomic E-state index is 12.8. The summed E-state index contributed by atoms with van der Waals surface area (Å²) in [5, 5.41) is 13.5. The van der Waals surface area contributed by atoms with E-state index >= 15 is 0 Å². The summed E-state index contributed by atoms with van der Waals surface area (Å²) >= 11 is 0. The Morgan fingerprint density at radius 2 is 1.95 bits per heavy atom. The summed E-state index contributed by atoms with van der Waals surface area (Å²) in [7, 11) is 1.61. The normalized spacial score (nSPS) is 10.3. The first-order chi connectivity index (χ1) is 10.7. The molecule has 1 amide bonds. The fraction of sp³-hybridized carbons (Fsp3) is 0.267. The number of carbonyl (C=O) groups excluding carboxylic acids is 1. The third-order valence-corrected chi connectivity index (χ3v) is 2.82. The first-order valence-corrected chi connectivity index (χ1v) is 6.82. The number of halogens is 1. The Hall–Kier alpha value is -2.54. The van der Waals surface area contributed by atoms with Crippen LogP contribution in [0.15, 0.2) is 36.4 Å². The molecular weight excluding hydrogens is 287 g/mol. The fourth-order valence-electron chi connectivity index (χ4n) is 1.71. The predicted molar refractivity (Wildman–Crippen MR) is 80.5 cm³/mol. The molecule has 0 unspecified atom stereocenters. The maximum absolute atomic E-state index is 12.8. The Morgan fingerprint density at radius 3 is 2.59 bits per heavy atom. The van der Waals surface area contributed by atoms with Crippen LogP contribution in [0.25, 0.3) is 0 Å². The highest BCUT2D eigenvalue weighted by Crippen LogP contribution is 2.14. The summed E-state index contributed by atoms with van der Waals surface area (Å²) in [5.41, 5.74) is 0.926. The average molecular weight is 304 g/mol. The Bertz CT molecular complexity index is 602. The number of rotatable bonds is 7. The van der Waals surface area contributed by atoms with E-state index in [1.54, 1.807) is 31.4 Å². The number of anilines is 2. The highest BCUT2D eigenvalue weighted by Gasteiger charge is 2.07. The van der Waals surface area contributed by atoms with E-state index in [1.165, 1.54) is 12.1 Å². The lowest BCUT2D eigenvalue weighted by Crippen LogP contribution is -2.26. The van der Waals surface area contributed by atoms with Gasteiger partial charge in [0.05, 0.1) is 0 Å². The van der Waals surface area contributed by atoms with Crippen molar-refractivity contribution in [2.45, 2.75) is 6.42 Å². The molecule has 2 N–H and O–H groups in total. The minimum Gasteiger partial charge on any atom is -0.385 e. The molecular formula is C15H17FN4O2. The highest BCUT2D eigenvalue weighted by atomic mass is 19.1. The number of hydrogen-bond donors (Lipinski definition) is 2. The molecule has 2 rings (SSSR count). The molecule has 116 valence electrons. The molecule has 0 radical (unpaired) electrons. The molecule has 0 fully saturated rings. The van der Waals surface area contributed by atoms with Crippen LogP contribution in [-0.2, 0) is 4.74 Å². The van der Waals surface area contributed by atoms with Gasteiger partial charge in [-0.1, -0.05) is 0 Å². The molecule has 1 aromatic heterocycles. The SMILES string of the molecule is COCCCNC(=O)c1ccc(Nc2ccc(F)cc2)nn1. The van der Waals surface area contributed by atoms with E-state index in [1.807, 2.05) is 0 Å². The minimum atomic E-state index is -0.308. The van der Waals surface area contributed by atoms with Crippen LogP contribution in [0.4, 0.5) is 15.9 Å². The molecule has 0 spiro atoms. The number of nitrogens with zero attached hydrogens (tertiary/aromatic N) is 2. The first kappa shape index (κ1) is 15.8. The van der Waals surface area contributed by atoms with Crippen LogP contribution in [0.1, 0.15) is 16.9 Å². The van der Waals surface area contributed by atoms with Crippen LogP contribution in [0.3, 0.4) is 0 Å². The van der Waals surface area contributed by atoms with E-state index in [4.69, 9.17) is 4.74 Å². The predicted octanol–water partition coefficient (Wildman–Crippen LogP) is 2.13. The van der Waals surface area contributed by atoms with Crippen LogP contribution in [-0.4, -0.2) is 36.4 Å².